The summed E-state index contributed by atoms with van der Waals surface area (Å²) in [4.78, 5) is 35.5. The van der Waals surface area contributed by atoms with E-state index in [4.69, 9.17) is 16.3 Å². The summed E-state index contributed by atoms with van der Waals surface area (Å²) in [6.45, 7) is 3.72. The first-order valence-corrected chi connectivity index (χ1v) is 10.2. The zero-order valence-electron chi connectivity index (χ0n) is 17.2. The lowest BCUT2D eigenvalue weighted by Crippen LogP contribution is -2.30. The zero-order valence-corrected chi connectivity index (χ0v) is 18.0. The van der Waals surface area contributed by atoms with E-state index in [0.29, 0.717) is 17.9 Å². The van der Waals surface area contributed by atoms with Crippen molar-refractivity contribution in [2.45, 2.75) is 39.2 Å². The van der Waals surface area contributed by atoms with E-state index in [2.05, 4.69) is 10.6 Å². The number of halogens is 1. The molecule has 0 spiro atoms. The van der Waals surface area contributed by atoms with Crippen molar-refractivity contribution in [3.8, 4) is 0 Å². The number of esters is 1. The highest BCUT2D eigenvalue weighted by molar-refractivity contribution is 6.30. The summed E-state index contributed by atoms with van der Waals surface area (Å²) in [5.74, 6) is -0.801. The lowest BCUT2D eigenvalue weighted by molar-refractivity contribution is -0.144. The van der Waals surface area contributed by atoms with Crippen molar-refractivity contribution in [1.82, 2.24) is 10.6 Å². The Morgan fingerprint density at radius 3 is 2.33 bits per heavy atom. The van der Waals surface area contributed by atoms with Gasteiger partial charge in [-0.3, -0.25) is 14.4 Å². The summed E-state index contributed by atoms with van der Waals surface area (Å²) in [6.07, 6.45) is 1.02. The van der Waals surface area contributed by atoms with Crippen LogP contribution in [0.1, 0.15) is 42.5 Å². The van der Waals surface area contributed by atoms with Gasteiger partial charge in [0.05, 0.1) is 19.0 Å². The van der Waals surface area contributed by atoms with E-state index in [1.165, 1.54) is 12.5 Å². The zero-order chi connectivity index (χ0) is 21.9. The smallest absolute Gasteiger partial charge is 0.308 e. The maximum Gasteiger partial charge on any atom is 0.308 e. The molecule has 0 bridgehead atoms. The molecule has 160 valence electrons. The Kier molecular flexibility index (Phi) is 9.35. The van der Waals surface area contributed by atoms with Gasteiger partial charge in [-0.25, -0.2) is 0 Å². The molecule has 2 N–H and O–H groups in total. The minimum absolute atomic E-state index is 0.0113. The number of hydrogen-bond donors (Lipinski definition) is 2. The second kappa shape index (κ2) is 12.0. The highest BCUT2D eigenvalue weighted by Crippen LogP contribution is 2.20. The Balaban J connectivity index is 1.70. The van der Waals surface area contributed by atoms with Crippen LogP contribution in [-0.4, -0.2) is 30.9 Å². The summed E-state index contributed by atoms with van der Waals surface area (Å²) in [5, 5.41) is 6.05. The molecule has 0 heterocycles. The minimum Gasteiger partial charge on any atom is -0.464 e. The molecule has 0 fully saturated rings. The number of benzene rings is 2. The van der Waals surface area contributed by atoms with Crippen LogP contribution >= 0.6 is 11.6 Å². The van der Waals surface area contributed by atoms with Crippen LogP contribution in [0.2, 0.25) is 5.02 Å². The van der Waals surface area contributed by atoms with Crippen molar-refractivity contribution in [3.63, 3.8) is 0 Å². The van der Waals surface area contributed by atoms with Gasteiger partial charge >= 0.3 is 5.97 Å². The summed E-state index contributed by atoms with van der Waals surface area (Å²) in [6, 6.07) is 14.5. The number of carbonyl (C=O) groups is 3. The molecule has 0 aliphatic carbocycles. The third kappa shape index (κ3) is 8.66. The largest absolute Gasteiger partial charge is 0.464 e. The van der Waals surface area contributed by atoms with E-state index in [9.17, 15) is 14.4 Å². The summed E-state index contributed by atoms with van der Waals surface area (Å²) >= 11 is 5.89. The van der Waals surface area contributed by atoms with Crippen LogP contribution in [-0.2, 0) is 25.5 Å². The summed E-state index contributed by atoms with van der Waals surface area (Å²) < 4.78 is 5.19. The predicted octanol–water partition coefficient (Wildman–Crippen LogP) is 3.51. The van der Waals surface area contributed by atoms with Crippen LogP contribution in [0.4, 0.5) is 0 Å². The maximum atomic E-state index is 12.1. The molecule has 0 radical (unpaired) electrons. The van der Waals surface area contributed by atoms with Crippen molar-refractivity contribution in [2.24, 2.45) is 0 Å². The van der Waals surface area contributed by atoms with Gasteiger partial charge in [0.25, 0.3) is 0 Å². The average molecular weight is 431 g/mol. The van der Waals surface area contributed by atoms with Gasteiger partial charge in [-0.2, -0.15) is 0 Å². The van der Waals surface area contributed by atoms with Gasteiger partial charge in [-0.05, 0) is 36.6 Å². The van der Waals surface area contributed by atoms with Crippen molar-refractivity contribution in [3.05, 3.63) is 70.2 Å². The van der Waals surface area contributed by atoms with Gasteiger partial charge in [0.2, 0.25) is 11.8 Å². The highest BCUT2D eigenvalue weighted by Gasteiger charge is 2.18. The second-order valence-electron chi connectivity index (χ2n) is 7.06. The standard InChI is InChI=1S/C23H27ClN2O4/c1-16-3-5-18(6-4-16)7-12-22(28)25-13-14-30-23(29)15-21(26-17(2)27)19-8-10-20(24)11-9-19/h3-6,8-11,21H,7,12-15H2,1-2H3,(H,25,28)(H,26,27). The number of carbonyl (C=O) groups excluding carboxylic acids is 3. The van der Waals surface area contributed by atoms with Crippen LogP contribution < -0.4 is 10.6 Å². The Morgan fingerprint density at radius 1 is 1.03 bits per heavy atom. The topological polar surface area (TPSA) is 84.5 Å². The monoisotopic (exact) mass is 430 g/mol. The summed E-state index contributed by atoms with van der Waals surface area (Å²) in [7, 11) is 0. The minimum atomic E-state index is -0.503. The molecule has 2 aromatic carbocycles. The molecule has 0 saturated heterocycles. The number of ether oxygens (including phenoxy) is 1. The Labute approximate surface area is 182 Å². The third-order valence-electron chi connectivity index (χ3n) is 4.47. The molecule has 0 aliphatic heterocycles. The van der Waals surface area contributed by atoms with Crippen LogP contribution in [0.3, 0.4) is 0 Å². The molecule has 0 saturated carbocycles. The van der Waals surface area contributed by atoms with E-state index in [0.717, 1.165) is 11.1 Å². The fourth-order valence-electron chi connectivity index (χ4n) is 2.87. The van der Waals surface area contributed by atoms with Gasteiger partial charge in [0.1, 0.15) is 6.61 Å². The number of hydrogen-bond acceptors (Lipinski definition) is 4. The number of amides is 2. The molecule has 0 aromatic heterocycles. The van der Waals surface area contributed by atoms with E-state index in [-0.39, 0.29) is 31.4 Å². The Morgan fingerprint density at radius 2 is 1.70 bits per heavy atom. The number of aryl methyl sites for hydroxylation is 2. The maximum absolute atomic E-state index is 12.1. The van der Waals surface area contributed by atoms with Crippen LogP contribution in [0, 0.1) is 6.92 Å². The van der Waals surface area contributed by atoms with Crippen LogP contribution in [0.25, 0.3) is 0 Å². The predicted molar refractivity (Wildman–Crippen MR) is 116 cm³/mol. The van der Waals surface area contributed by atoms with Crippen molar-refractivity contribution in [2.75, 3.05) is 13.2 Å². The van der Waals surface area contributed by atoms with Gasteiger partial charge < -0.3 is 15.4 Å². The van der Waals surface area contributed by atoms with Crippen LogP contribution in [0.15, 0.2) is 48.5 Å². The quantitative estimate of drug-likeness (QED) is 0.446. The van der Waals surface area contributed by atoms with Crippen molar-refractivity contribution in [1.29, 1.82) is 0 Å². The summed E-state index contributed by atoms with van der Waals surface area (Å²) in [5.41, 5.74) is 3.05. The molecule has 2 amide bonds. The fourth-order valence-corrected chi connectivity index (χ4v) is 3.00. The molecule has 0 aliphatic rings. The molecule has 2 aromatic rings. The van der Waals surface area contributed by atoms with Gasteiger partial charge in [0.15, 0.2) is 0 Å². The molecule has 1 unspecified atom stereocenters. The first-order chi connectivity index (χ1) is 14.3. The van der Waals surface area contributed by atoms with Crippen LogP contribution in [0.5, 0.6) is 0 Å². The molecule has 1 atom stereocenters. The fraction of sp³-hybridized carbons (Fsp3) is 0.348. The number of nitrogens with one attached hydrogen (secondary N) is 2. The first kappa shape index (κ1) is 23.4. The number of rotatable bonds is 10. The molecule has 30 heavy (non-hydrogen) atoms. The third-order valence-corrected chi connectivity index (χ3v) is 4.72. The average Bonchev–Trinajstić information content (AvgIpc) is 2.70. The van der Waals surface area contributed by atoms with E-state index >= 15 is 0 Å². The van der Waals surface area contributed by atoms with E-state index in [1.54, 1.807) is 24.3 Å². The lowest BCUT2D eigenvalue weighted by Gasteiger charge is -2.18. The molecular formula is C23H27ClN2O4. The molecule has 7 heteroatoms. The molecular weight excluding hydrogens is 404 g/mol. The highest BCUT2D eigenvalue weighted by atomic mass is 35.5. The van der Waals surface area contributed by atoms with Crippen molar-refractivity contribution >= 4 is 29.4 Å². The van der Waals surface area contributed by atoms with E-state index < -0.39 is 12.0 Å². The SMILES string of the molecule is CC(=O)NC(CC(=O)OCCNC(=O)CCc1ccc(C)cc1)c1ccc(Cl)cc1. The molecule has 6 nitrogen and oxygen atoms in total. The van der Waals surface area contributed by atoms with Crippen molar-refractivity contribution < 1.29 is 19.1 Å². The lowest BCUT2D eigenvalue weighted by atomic mass is 10.0. The first-order valence-electron chi connectivity index (χ1n) is 9.84. The van der Waals surface area contributed by atoms with Gasteiger partial charge in [-0.15, -0.1) is 0 Å². The van der Waals surface area contributed by atoms with E-state index in [1.807, 2.05) is 31.2 Å². The molecule has 2 rings (SSSR count). The van der Waals surface area contributed by atoms with Gasteiger partial charge in [0, 0.05) is 18.4 Å². The Bertz CT molecular complexity index is 851. The normalized spacial score (nSPS) is 11.4. The second-order valence-corrected chi connectivity index (χ2v) is 7.50. The van der Waals surface area contributed by atoms with Gasteiger partial charge in [-0.1, -0.05) is 53.6 Å². The Hall–Kier alpha value is -2.86.